The molecular weight excluding hydrogens is 227 g/mol. The summed E-state index contributed by atoms with van der Waals surface area (Å²) in [5.41, 5.74) is 1.35. The summed E-state index contributed by atoms with van der Waals surface area (Å²) in [7, 11) is 0. The molecule has 1 fully saturated rings. The Kier molecular flexibility index (Phi) is 3.11. The summed E-state index contributed by atoms with van der Waals surface area (Å²) in [5, 5.41) is 9.26. The summed E-state index contributed by atoms with van der Waals surface area (Å²) in [5.74, 6) is -0.355. The number of nitrogens with zero attached hydrogens (tertiary/aromatic N) is 2. The first kappa shape index (κ1) is 11.3. The van der Waals surface area contributed by atoms with Crippen molar-refractivity contribution in [3.05, 3.63) is 28.3 Å². The lowest BCUT2D eigenvalue weighted by atomic mass is 9.95. The molecule has 1 atom stereocenters. The van der Waals surface area contributed by atoms with Crippen LogP contribution in [0.5, 0.6) is 0 Å². The molecule has 0 saturated heterocycles. The van der Waals surface area contributed by atoms with Crippen molar-refractivity contribution in [2.24, 2.45) is 5.92 Å². The normalized spacial score (nSPS) is 16.9. The number of rotatable bonds is 3. The fraction of sp³-hybridized carbons (Fsp3) is 0.500. The van der Waals surface area contributed by atoms with Gasteiger partial charge in [0.25, 0.3) is 0 Å². The molecule has 0 amide bonds. The number of nitriles is 1. The van der Waals surface area contributed by atoms with Crippen LogP contribution in [0.4, 0.5) is 4.39 Å². The predicted octanol–water partition coefficient (Wildman–Crippen LogP) is 3.45. The SMILES string of the molecule is CCc1c(C(C#N)C2CC2)ncc(F)c1Cl. The van der Waals surface area contributed by atoms with Gasteiger partial charge in [0.05, 0.1) is 28.9 Å². The second-order valence-electron chi connectivity index (χ2n) is 4.08. The second kappa shape index (κ2) is 4.39. The first-order chi connectivity index (χ1) is 7.69. The Morgan fingerprint density at radius 3 is 2.88 bits per heavy atom. The van der Waals surface area contributed by atoms with E-state index in [1.165, 1.54) is 0 Å². The van der Waals surface area contributed by atoms with Gasteiger partial charge in [-0.15, -0.1) is 0 Å². The van der Waals surface area contributed by atoms with E-state index in [9.17, 15) is 4.39 Å². The maximum atomic E-state index is 13.3. The largest absolute Gasteiger partial charge is 0.256 e. The molecule has 0 spiro atoms. The van der Waals surface area contributed by atoms with Crippen LogP contribution in [-0.2, 0) is 6.42 Å². The zero-order chi connectivity index (χ0) is 11.7. The summed E-state index contributed by atoms with van der Waals surface area (Å²) in [4.78, 5) is 4.06. The van der Waals surface area contributed by atoms with E-state index in [4.69, 9.17) is 16.9 Å². The Morgan fingerprint density at radius 2 is 2.38 bits per heavy atom. The second-order valence-corrected chi connectivity index (χ2v) is 4.46. The van der Waals surface area contributed by atoms with Crippen LogP contribution < -0.4 is 0 Å². The van der Waals surface area contributed by atoms with Crippen LogP contribution >= 0.6 is 11.6 Å². The molecule has 2 rings (SSSR count). The van der Waals surface area contributed by atoms with Crippen molar-refractivity contribution in [2.75, 3.05) is 0 Å². The van der Waals surface area contributed by atoms with Gasteiger partial charge in [0.1, 0.15) is 0 Å². The quantitative estimate of drug-likeness (QED) is 0.809. The molecule has 1 saturated carbocycles. The lowest BCUT2D eigenvalue weighted by Gasteiger charge is -2.13. The third kappa shape index (κ3) is 1.90. The Hall–Kier alpha value is -1.14. The molecule has 1 aliphatic rings. The molecule has 4 heteroatoms. The summed E-state index contributed by atoms with van der Waals surface area (Å²) >= 11 is 5.90. The zero-order valence-electron chi connectivity index (χ0n) is 9.00. The van der Waals surface area contributed by atoms with E-state index in [0.717, 1.165) is 19.0 Å². The highest BCUT2D eigenvalue weighted by molar-refractivity contribution is 6.31. The van der Waals surface area contributed by atoms with Crippen molar-refractivity contribution in [1.82, 2.24) is 4.98 Å². The average molecular weight is 239 g/mol. The molecule has 0 bridgehead atoms. The lowest BCUT2D eigenvalue weighted by Crippen LogP contribution is -2.07. The Bertz CT molecular complexity index is 449. The van der Waals surface area contributed by atoms with Gasteiger partial charge in [-0.05, 0) is 30.7 Å². The van der Waals surface area contributed by atoms with Gasteiger partial charge in [0.15, 0.2) is 5.82 Å². The van der Waals surface area contributed by atoms with E-state index in [2.05, 4.69) is 11.1 Å². The minimum Gasteiger partial charge on any atom is -0.256 e. The van der Waals surface area contributed by atoms with Crippen LogP contribution in [0.15, 0.2) is 6.20 Å². The first-order valence-electron chi connectivity index (χ1n) is 5.41. The van der Waals surface area contributed by atoms with Crippen LogP contribution in [0.2, 0.25) is 5.02 Å². The van der Waals surface area contributed by atoms with Crippen molar-refractivity contribution < 1.29 is 4.39 Å². The molecule has 1 heterocycles. The maximum absolute atomic E-state index is 13.3. The molecule has 84 valence electrons. The van der Waals surface area contributed by atoms with Crippen LogP contribution in [0.1, 0.15) is 36.9 Å². The fourth-order valence-electron chi connectivity index (χ4n) is 1.94. The number of halogens is 2. The molecule has 1 aliphatic carbocycles. The van der Waals surface area contributed by atoms with Gasteiger partial charge in [-0.1, -0.05) is 18.5 Å². The molecule has 0 radical (unpaired) electrons. The van der Waals surface area contributed by atoms with Gasteiger partial charge in [0.2, 0.25) is 0 Å². The van der Waals surface area contributed by atoms with Gasteiger partial charge < -0.3 is 0 Å². The summed E-state index contributed by atoms with van der Waals surface area (Å²) in [6, 6.07) is 2.26. The smallest absolute Gasteiger partial charge is 0.160 e. The molecular formula is C12H12ClFN2. The average Bonchev–Trinajstić information content (AvgIpc) is 3.09. The summed E-state index contributed by atoms with van der Waals surface area (Å²) < 4.78 is 13.3. The van der Waals surface area contributed by atoms with Gasteiger partial charge in [0, 0.05) is 0 Å². The molecule has 0 N–H and O–H groups in total. The zero-order valence-corrected chi connectivity index (χ0v) is 9.76. The lowest BCUT2D eigenvalue weighted by molar-refractivity contribution is 0.610. The predicted molar refractivity (Wildman–Crippen MR) is 59.7 cm³/mol. The van der Waals surface area contributed by atoms with Crippen molar-refractivity contribution in [3.8, 4) is 6.07 Å². The van der Waals surface area contributed by atoms with Crippen molar-refractivity contribution in [3.63, 3.8) is 0 Å². The van der Waals surface area contributed by atoms with E-state index in [1.807, 2.05) is 6.92 Å². The van der Waals surface area contributed by atoms with E-state index < -0.39 is 5.82 Å². The molecule has 16 heavy (non-hydrogen) atoms. The monoisotopic (exact) mass is 238 g/mol. The number of hydrogen-bond acceptors (Lipinski definition) is 2. The topological polar surface area (TPSA) is 36.7 Å². The van der Waals surface area contributed by atoms with E-state index in [1.54, 1.807) is 0 Å². The van der Waals surface area contributed by atoms with Crippen molar-refractivity contribution in [2.45, 2.75) is 32.1 Å². The standard InChI is InChI=1S/C12H12ClFN2/c1-2-8-11(13)10(14)6-16-12(8)9(5-15)7-3-4-7/h6-7,9H,2-4H2,1H3. The highest BCUT2D eigenvalue weighted by Gasteiger charge is 2.35. The minimum atomic E-state index is -0.505. The maximum Gasteiger partial charge on any atom is 0.160 e. The van der Waals surface area contributed by atoms with Crippen LogP contribution in [-0.4, -0.2) is 4.98 Å². The van der Waals surface area contributed by atoms with E-state index in [0.29, 0.717) is 23.6 Å². The third-order valence-electron chi connectivity index (χ3n) is 2.98. The molecule has 2 nitrogen and oxygen atoms in total. The molecule has 1 aromatic heterocycles. The molecule has 1 unspecified atom stereocenters. The molecule has 0 aliphatic heterocycles. The van der Waals surface area contributed by atoms with Gasteiger partial charge in [-0.3, -0.25) is 4.98 Å². The molecule has 0 aromatic carbocycles. The summed E-state index contributed by atoms with van der Waals surface area (Å²) in [6.07, 6.45) is 3.82. The van der Waals surface area contributed by atoms with Crippen molar-refractivity contribution in [1.29, 1.82) is 5.26 Å². The Balaban J connectivity index is 2.47. The highest BCUT2D eigenvalue weighted by Crippen LogP contribution is 2.43. The van der Waals surface area contributed by atoms with Gasteiger partial charge in [-0.2, -0.15) is 5.26 Å². The minimum absolute atomic E-state index is 0.119. The van der Waals surface area contributed by atoms with Crippen LogP contribution in [0.3, 0.4) is 0 Å². The van der Waals surface area contributed by atoms with Gasteiger partial charge >= 0.3 is 0 Å². The number of pyridine rings is 1. The highest BCUT2D eigenvalue weighted by atomic mass is 35.5. The van der Waals surface area contributed by atoms with Crippen LogP contribution in [0, 0.1) is 23.1 Å². The Labute approximate surface area is 99.1 Å². The number of aromatic nitrogens is 1. The number of hydrogen-bond donors (Lipinski definition) is 0. The summed E-state index contributed by atoms with van der Waals surface area (Å²) in [6.45, 7) is 1.90. The van der Waals surface area contributed by atoms with E-state index in [-0.39, 0.29) is 10.9 Å². The van der Waals surface area contributed by atoms with Crippen LogP contribution in [0.25, 0.3) is 0 Å². The molecule has 1 aromatic rings. The fourth-order valence-corrected chi connectivity index (χ4v) is 2.22. The van der Waals surface area contributed by atoms with E-state index >= 15 is 0 Å². The third-order valence-corrected chi connectivity index (χ3v) is 3.39. The first-order valence-corrected chi connectivity index (χ1v) is 5.79. The Morgan fingerprint density at radius 1 is 1.69 bits per heavy atom. The van der Waals surface area contributed by atoms with Crippen molar-refractivity contribution >= 4 is 11.6 Å². The van der Waals surface area contributed by atoms with Gasteiger partial charge in [-0.25, -0.2) is 4.39 Å².